The Bertz CT molecular complexity index is 1940. The highest BCUT2D eigenvalue weighted by Gasteiger charge is 2.17. The molecule has 0 N–H and O–H groups in total. The van der Waals surface area contributed by atoms with Crippen molar-refractivity contribution in [3.63, 3.8) is 0 Å². The van der Waals surface area contributed by atoms with E-state index in [4.69, 9.17) is 9.47 Å². The number of benzene rings is 4. The second-order valence-corrected chi connectivity index (χ2v) is 9.51. The third kappa shape index (κ3) is 6.16. The first kappa shape index (κ1) is 31.8. The first-order valence-electron chi connectivity index (χ1n) is 15.2. The number of carbonyl (C=O) groups is 2. The van der Waals surface area contributed by atoms with Crippen molar-refractivity contribution < 1.29 is 19.1 Å². The molecular weight excluding hydrogens is 548 g/mol. The standard InChI is InChI=1S/C34H28N2O4.2C2H6/c1-3-32(37)39-20-18-35-29-14-7-6-11-26(29)28-22-23(16-17-31(28)35)24-12-9-13-27-25-10-5-8-15-30(25)36(34(24)27)19-21-40-33(38)4-2;2*1-2/h3-17,22H,1-2,18-21H2;2*1-2H3. The molecule has 6 rings (SSSR count). The molecule has 0 unspecified atom stereocenters. The van der Waals surface area contributed by atoms with E-state index >= 15 is 0 Å². The minimum Gasteiger partial charge on any atom is -0.461 e. The zero-order chi connectivity index (χ0) is 31.6. The number of hydrogen-bond acceptors (Lipinski definition) is 4. The van der Waals surface area contributed by atoms with E-state index in [1.807, 2.05) is 52.0 Å². The molecule has 6 heteroatoms. The fourth-order valence-corrected chi connectivity index (χ4v) is 5.63. The maximum Gasteiger partial charge on any atom is 0.330 e. The van der Waals surface area contributed by atoms with Gasteiger partial charge in [0, 0.05) is 55.8 Å². The molecule has 6 aromatic rings. The quantitative estimate of drug-likeness (QED) is 0.125. The lowest BCUT2D eigenvalue weighted by Gasteiger charge is -2.12. The Hall–Kier alpha value is -5.10. The highest BCUT2D eigenvalue weighted by atomic mass is 16.5. The summed E-state index contributed by atoms with van der Waals surface area (Å²) in [6.07, 6.45) is 2.37. The maximum atomic E-state index is 11.7. The average Bonchev–Trinajstić information content (AvgIpc) is 3.58. The Labute approximate surface area is 258 Å². The van der Waals surface area contributed by atoms with Crippen molar-refractivity contribution in [2.75, 3.05) is 13.2 Å². The minimum absolute atomic E-state index is 0.246. The van der Waals surface area contributed by atoms with E-state index < -0.39 is 11.9 Å². The summed E-state index contributed by atoms with van der Waals surface area (Å²) >= 11 is 0. The van der Waals surface area contributed by atoms with Crippen LogP contribution in [0.5, 0.6) is 0 Å². The average molecular weight is 589 g/mol. The van der Waals surface area contributed by atoms with Gasteiger partial charge in [0.1, 0.15) is 13.2 Å². The zero-order valence-corrected chi connectivity index (χ0v) is 26.0. The van der Waals surface area contributed by atoms with Gasteiger partial charge in [-0.2, -0.15) is 0 Å². The first-order chi connectivity index (χ1) is 21.6. The van der Waals surface area contributed by atoms with Crippen LogP contribution in [0.2, 0.25) is 0 Å². The first-order valence-corrected chi connectivity index (χ1v) is 15.2. The largest absolute Gasteiger partial charge is 0.461 e. The zero-order valence-electron chi connectivity index (χ0n) is 26.0. The summed E-state index contributed by atoms with van der Waals surface area (Å²) in [7, 11) is 0. The number of nitrogens with zero attached hydrogens (tertiary/aromatic N) is 2. The lowest BCUT2D eigenvalue weighted by atomic mass is 10.00. The van der Waals surface area contributed by atoms with E-state index in [0.717, 1.165) is 54.7 Å². The molecule has 0 aliphatic carbocycles. The van der Waals surface area contributed by atoms with Gasteiger partial charge in [0.25, 0.3) is 0 Å². The molecule has 0 aliphatic heterocycles. The molecule has 0 radical (unpaired) electrons. The molecule has 0 aliphatic rings. The van der Waals surface area contributed by atoms with Gasteiger partial charge >= 0.3 is 11.9 Å². The van der Waals surface area contributed by atoms with E-state index in [1.54, 1.807) is 0 Å². The summed E-state index contributed by atoms with van der Waals surface area (Å²) in [4.78, 5) is 23.3. The molecule has 2 heterocycles. The second kappa shape index (κ2) is 14.9. The molecule has 6 nitrogen and oxygen atoms in total. The molecule has 4 aromatic carbocycles. The van der Waals surface area contributed by atoms with Crippen LogP contribution in [0.25, 0.3) is 54.7 Å². The van der Waals surface area contributed by atoms with Gasteiger partial charge in [0.05, 0.1) is 18.6 Å². The number of fused-ring (bicyclic) bond motifs is 6. The molecule has 2 aromatic heterocycles. The van der Waals surface area contributed by atoms with Gasteiger partial charge < -0.3 is 18.6 Å². The van der Waals surface area contributed by atoms with Gasteiger partial charge in [-0.15, -0.1) is 0 Å². The predicted octanol–water partition coefficient (Wildman–Crippen LogP) is 9.08. The Morgan fingerprint density at radius 1 is 0.614 bits per heavy atom. The molecule has 0 saturated carbocycles. The topological polar surface area (TPSA) is 62.5 Å². The normalized spacial score (nSPS) is 10.5. The third-order valence-corrected chi connectivity index (χ3v) is 7.33. The van der Waals surface area contributed by atoms with E-state index in [2.05, 4.69) is 83.0 Å². The summed E-state index contributed by atoms with van der Waals surface area (Å²) in [5, 5.41) is 4.57. The number of esters is 2. The van der Waals surface area contributed by atoms with Crippen molar-refractivity contribution in [3.05, 3.63) is 110 Å². The van der Waals surface area contributed by atoms with Gasteiger partial charge in [0.15, 0.2) is 0 Å². The Kier molecular flexibility index (Phi) is 10.8. The number of para-hydroxylation sites is 3. The Morgan fingerprint density at radius 2 is 1.11 bits per heavy atom. The van der Waals surface area contributed by atoms with Crippen LogP contribution in [-0.2, 0) is 32.2 Å². The van der Waals surface area contributed by atoms with Gasteiger partial charge in [-0.05, 0) is 29.8 Å². The summed E-state index contributed by atoms with van der Waals surface area (Å²) in [5.41, 5.74) is 6.53. The fraction of sp³-hybridized carbons (Fsp3) is 0.211. The van der Waals surface area contributed by atoms with Crippen molar-refractivity contribution in [3.8, 4) is 11.1 Å². The summed E-state index contributed by atoms with van der Waals surface area (Å²) in [6.45, 7) is 16.5. The lowest BCUT2D eigenvalue weighted by molar-refractivity contribution is -0.138. The molecule has 0 fully saturated rings. The SMILES string of the molecule is C=CC(=O)OCCn1c2ccccc2c2cc(-c3cccc4c5ccccc5n(CCOC(=O)C=C)c34)ccc21.CC.CC. The molecule has 44 heavy (non-hydrogen) atoms. The van der Waals surface area contributed by atoms with Crippen LogP contribution < -0.4 is 0 Å². The van der Waals surface area contributed by atoms with Gasteiger partial charge in [-0.25, -0.2) is 9.59 Å². The number of hydrogen-bond donors (Lipinski definition) is 0. The summed E-state index contributed by atoms with van der Waals surface area (Å²) in [5.74, 6) is -0.854. The van der Waals surface area contributed by atoms with Gasteiger partial charge in [-0.3, -0.25) is 0 Å². The van der Waals surface area contributed by atoms with E-state index in [-0.39, 0.29) is 13.2 Å². The van der Waals surface area contributed by atoms with Crippen molar-refractivity contribution in [2.45, 2.75) is 40.8 Å². The minimum atomic E-state index is -0.429. The smallest absolute Gasteiger partial charge is 0.330 e. The van der Waals surface area contributed by atoms with Crippen molar-refractivity contribution in [1.29, 1.82) is 0 Å². The second-order valence-electron chi connectivity index (χ2n) is 9.51. The molecule has 0 spiro atoms. The lowest BCUT2D eigenvalue weighted by Crippen LogP contribution is -2.09. The Morgan fingerprint density at radius 3 is 1.73 bits per heavy atom. The Balaban J connectivity index is 0.00000106. The molecule has 226 valence electrons. The van der Waals surface area contributed by atoms with Crippen LogP contribution in [0.15, 0.2) is 110 Å². The maximum absolute atomic E-state index is 11.7. The summed E-state index contributed by atoms with van der Waals surface area (Å²) < 4.78 is 15.1. The monoisotopic (exact) mass is 588 g/mol. The predicted molar refractivity (Wildman–Crippen MR) is 183 cm³/mol. The number of ether oxygens (including phenoxy) is 2. The fourth-order valence-electron chi connectivity index (χ4n) is 5.63. The van der Waals surface area contributed by atoms with Gasteiger partial charge in [-0.1, -0.05) is 102 Å². The van der Waals surface area contributed by atoms with Crippen molar-refractivity contribution in [1.82, 2.24) is 9.13 Å². The molecule has 0 atom stereocenters. The molecular formula is C38H40N2O4. The third-order valence-electron chi connectivity index (χ3n) is 7.33. The van der Waals surface area contributed by atoms with E-state index in [0.29, 0.717) is 13.1 Å². The highest BCUT2D eigenvalue weighted by molar-refractivity contribution is 6.14. The van der Waals surface area contributed by atoms with Crippen LogP contribution in [-0.4, -0.2) is 34.3 Å². The van der Waals surface area contributed by atoms with Crippen LogP contribution in [0.4, 0.5) is 0 Å². The van der Waals surface area contributed by atoms with Crippen LogP contribution >= 0.6 is 0 Å². The highest BCUT2D eigenvalue weighted by Crippen LogP contribution is 2.38. The van der Waals surface area contributed by atoms with Crippen molar-refractivity contribution >= 4 is 55.6 Å². The van der Waals surface area contributed by atoms with Crippen LogP contribution in [0.1, 0.15) is 27.7 Å². The van der Waals surface area contributed by atoms with Crippen LogP contribution in [0.3, 0.4) is 0 Å². The van der Waals surface area contributed by atoms with Crippen LogP contribution in [0, 0.1) is 0 Å². The number of rotatable bonds is 9. The molecule has 0 saturated heterocycles. The molecule has 0 amide bonds. The van der Waals surface area contributed by atoms with Gasteiger partial charge in [0.2, 0.25) is 0 Å². The molecule has 0 bridgehead atoms. The van der Waals surface area contributed by atoms with Crippen molar-refractivity contribution in [2.24, 2.45) is 0 Å². The number of aromatic nitrogens is 2. The summed E-state index contributed by atoms with van der Waals surface area (Å²) in [6, 6.07) is 29.5. The van der Waals surface area contributed by atoms with E-state index in [1.165, 1.54) is 12.2 Å². The number of carbonyl (C=O) groups excluding carboxylic acids is 2. The van der Waals surface area contributed by atoms with E-state index in [9.17, 15) is 9.59 Å².